The van der Waals surface area contributed by atoms with E-state index < -0.39 is 0 Å². The van der Waals surface area contributed by atoms with Crippen LogP contribution in [-0.4, -0.2) is 55.2 Å². The van der Waals surface area contributed by atoms with Crippen molar-refractivity contribution in [3.05, 3.63) is 77.6 Å². The lowest BCUT2D eigenvalue weighted by molar-refractivity contribution is 0.0767. The van der Waals surface area contributed by atoms with Gasteiger partial charge in [-0.1, -0.05) is 30.3 Å². The zero-order valence-electron chi connectivity index (χ0n) is 18.6. The van der Waals surface area contributed by atoms with Gasteiger partial charge in [0.25, 0.3) is 5.91 Å². The Morgan fingerprint density at radius 2 is 1.97 bits per heavy atom. The van der Waals surface area contributed by atoms with Gasteiger partial charge in [-0.15, -0.1) is 0 Å². The number of ether oxygens (including phenoxy) is 1. The summed E-state index contributed by atoms with van der Waals surface area (Å²) in [6.45, 7) is 6.75. The topological polar surface area (TPSA) is 45.7 Å². The van der Waals surface area contributed by atoms with Crippen molar-refractivity contribution in [1.82, 2.24) is 9.88 Å². The van der Waals surface area contributed by atoms with Crippen LogP contribution in [0.25, 0.3) is 16.3 Å². The Hall–Kier alpha value is -3.18. The van der Waals surface area contributed by atoms with Gasteiger partial charge in [-0.25, -0.2) is 0 Å². The van der Waals surface area contributed by atoms with Gasteiger partial charge >= 0.3 is 0 Å². The highest BCUT2D eigenvalue weighted by molar-refractivity contribution is 6.01. The third kappa shape index (κ3) is 4.26. The van der Waals surface area contributed by atoms with Crippen LogP contribution < -0.4 is 4.90 Å². The van der Waals surface area contributed by atoms with Crippen molar-refractivity contribution >= 4 is 27.9 Å². The number of hydrogen-bond acceptors (Lipinski definition) is 4. The zero-order valence-corrected chi connectivity index (χ0v) is 18.6. The molecular formula is C27H29N3O2. The summed E-state index contributed by atoms with van der Waals surface area (Å²) >= 11 is 0. The molecular weight excluding hydrogens is 398 g/mol. The molecule has 5 heteroatoms. The number of hydrogen-bond donors (Lipinski definition) is 0. The van der Waals surface area contributed by atoms with Crippen LogP contribution in [0.5, 0.6) is 0 Å². The van der Waals surface area contributed by atoms with Gasteiger partial charge in [-0.05, 0) is 65.9 Å². The van der Waals surface area contributed by atoms with Gasteiger partial charge in [0, 0.05) is 49.3 Å². The number of rotatable bonds is 3. The molecule has 0 aliphatic carbocycles. The van der Waals surface area contributed by atoms with Gasteiger partial charge in [0.15, 0.2) is 0 Å². The van der Waals surface area contributed by atoms with Crippen LogP contribution in [0.4, 0.5) is 5.69 Å². The molecule has 0 radical (unpaired) electrons. The molecule has 3 heterocycles. The van der Waals surface area contributed by atoms with Crippen molar-refractivity contribution in [2.24, 2.45) is 0 Å². The lowest BCUT2D eigenvalue weighted by Crippen LogP contribution is -2.35. The fraction of sp³-hybridized carbons (Fsp3) is 0.333. The number of carbonyl (C=O) groups excluding carboxylic acids is 1. The van der Waals surface area contributed by atoms with E-state index in [1.807, 2.05) is 24.1 Å². The van der Waals surface area contributed by atoms with Crippen molar-refractivity contribution in [2.45, 2.75) is 19.8 Å². The SMILES string of the molecule is Cc1cc(N2CCCN(C(=O)c3ccc4c(C5=CCOCC5)cccc4c3)CC2)ccn1. The van der Waals surface area contributed by atoms with E-state index in [2.05, 4.69) is 58.4 Å². The number of fused-ring (bicyclic) bond motifs is 1. The molecule has 5 nitrogen and oxygen atoms in total. The number of nitrogens with zero attached hydrogens (tertiary/aromatic N) is 3. The molecule has 0 N–H and O–H groups in total. The van der Waals surface area contributed by atoms with Gasteiger partial charge in [-0.2, -0.15) is 0 Å². The van der Waals surface area contributed by atoms with Gasteiger partial charge in [0.05, 0.1) is 13.2 Å². The second-order valence-corrected chi connectivity index (χ2v) is 8.58. The number of aryl methyl sites for hydroxylation is 1. The average molecular weight is 428 g/mol. The predicted octanol–water partition coefficient (Wildman–Crippen LogP) is 4.70. The molecule has 0 saturated carbocycles. The van der Waals surface area contributed by atoms with Crippen LogP contribution in [0.3, 0.4) is 0 Å². The molecule has 164 valence electrons. The first-order valence-corrected chi connectivity index (χ1v) is 11.5. The largest absolute Gasteiger partial charge is 0.377 e. The number of benzene rings is 2. The molecule has 1 saturated heterocycles. The van der Waals surface area contributed by atoms with Gasteiger partial charge in [-0.3, -0.25) is 9.78 Å². The van der Waals surface area contributed by atoms with E-state index in [0.29, 0.717) is 6.61 Å². The molecule has 2 aromatic carbocycles. The summed E-state index contributed by atoms with van der Waals surface area (Å²) in [5, 5.41) is 2.32. The van der Waals surface area contributed by atoms with Crippen molar-refractivity contribution in [1.29, 1.82) is 0 Å². The van der Waals surface area contributed by atoms with E-state index in [-0.39, 0.29) is 5.91 Å². The summed E-state index contributed by atoms with van der Waals surface area (Å²) in [7, 11) is 0. The Labute approximate surface area is 189 Å². The minimum Gasteiger partial charge on any atom is -0.377 e. The Morgan fingerprint density at radius 1 is 1.03 bits per heavy atom. The molecule has 1 aromatic heterocycles. The first-order valence-electron chi connectivity index (χ1n) is 11.5. The number of pyridine rings is 1. The van der Waals surface area contributed by atoms with E-state index in [1.165, 1.54) is 22.2 Å². The lowest BCUT2D eigenvalue weighted by Gasteiger charge is -2.24. The molecule has 3 aromatic rings. The number of anilines is 1. The second kappa shape index (κ2) is 9.13. The van der Waals surface area contributed by atoms with E-state index in [1.54, 1.807) is 0 Å². The van der Waals surface area contributed by atoms with Crippen LogP contribution in [0, 0.1) is 6.92 Å². The van der Waals surface area contributed by atoms with Crippen LogP contribution in [-0.2, 0) is 4.74 Å². The van der Waals surface area contributed by atoms with Gasteiger partial charge in [0.2, 0.25) is 0 Å². The van der Waals surface area contributed by atoms with Gasteiger partial charge in [0.1, 0.15) is 0 Å². The summed E-state index contributed by atoms with van der Waals surface area (Å²) in [5.41, 5.74) is 5.56. The first kappa shape index (κ1) is 20.7. The quantitative estimate of drug-likeness (QED) is 0.608. The Bertz CT molecular complexity index is 1170. The molecule has 2 aliphatic heterocycles. The highest BCUT2D eigenvalue weighted by Gasteiger charge is 2.21. The minimum absolute atomic E-state index is 0.121. The lowest BCUT2D eigenvalue weighted by atomic mass is 9.94. The van der Waals surface area contributed by atoms with Crippen LogP contribution in [0.2, 0.25) is 0 Å². The van der Waals surface area contributed by atoms with Crippen molar-refractivity contribution in [2.75, 3.05) is 44.3 Å². The molecule has 0 bridgehead atoms. The maximum absolute atomic E-state index is 13.3. The Kier molecular flexibility index (Phi) is 5.91. The smallest absolute Gasteiger partial charge is 0.253 e. The normalized spacial score (nSPS) is 17.2. The first-order chi connectivity index (χ1) is 15.7. The monoisotopic (exact) mass is 427 g/mol. The Balaban J connectivity index is 1.35. The summed E-state index contributed by atoms with van der Waals surface area (Å²) in [6.07, 6.45) is 5.92. The van der Waals surface area contributed by atoms with E-state index in [4.69, 9.17) is 4.74 Å². The Morgan fingerprint density at radius 3 is 2.81 bits per heavy atom. The van der Waals surface area contributed by atoms with Crippen LogP contribution in [0.15, 0.2) is 60.8 Å². The second-order valence-electron chi connectivity index (χ2n) is 8.58. The molecule has 0 spiro atoms. The van der Waals surface area contributed by atoms with Gasteiger partial charge < -0.3 is 14.5 Å². The molecule has 2 aliphatic rings. The van der Waals surface area contributed by atoms with Crippen molar-refractivity contribution in [3.8, 4) is 0 Å². The maximum Gasteiger partial charge on any atom is 0.253 e. The van der Waals surface area contributed by atoms with Crippen molar-refractivity contribution in [3.63, 3.8) is 0 Å². The summed E-state index contributed by atoms with van der Waals surface area (Å²) in [4.78, 5) is 22.0. The summed E-state index contributed by atoms with van der Waals surface area (Å²) in [5.74, 6) is 0.121. The fourth-order valence-corrected chi connectivity index (χ4v) is 4.76. The third-order valence-electron chi connectivity index (χ3n) is 6.47. The van der Waals surface area contributed by atoms with E-state index in [0.717, 1.165) is 62.3 Å². The number of aromatic nitrogens is 1. The average Bonchev–Trinajstić information content (AvgIpc) is 3.10. The van der Waals surface area contributed by atoms with E-state index >= 15 is 0 Å². The fourth-order valence-electron chi connectivity index (χ4n) is 4.76. The maximum atomic E-state index is 13.3. The highest BCUT2D eigenvalue weighted by Crippen LogP contribution is 2.29. The van der Waals surface area contributed by atoms with Crippen LogP contribution in [0.1, 0.15) is 34.5 Å². The predicted molar refractivity (Wildman–Crippen MR) is 129 cm³/mol. The third-order valence-corrected chi connectivity index (χ3v) is 6.47. The molecule has 1 amide bonds. The summed E-state index contributed by atoms with van der Waals surface area (Å²) in [6, 6.07) is 16.7. The molecule has 5 rings (SSSR count). The van der Waals surface area contributed by atoms with Crippen molar-refractivity contribution < 1.29 is 9.53 Å². The molecule has 0 unspecified atom stereocenters. The minimum atomic E-state index is 0.121. The molecule has 32 heavy (non-hydrogen) atoms. The van der Waals surface area contributed by atoms with E-state index in [9.17, 15) is 4.79 Å². The number of amides is 1. The molecule has 1 fully saturated rings. The van der Waals surface area contributed by atoms with Crippen LogP contribution >= 0.6 is 0 Å². The zero-order chi connectivity index (χ0) is 21.9. The standard InChI is InChI=1S/C27H29N3O2/c1-20-18-24(8-11-28-20)29-12-3-13-30(15-14-29)27(31)23-6-7-26-22(19-23)4-2-5-25(26)21-9-16-32-17-10-21/h2,4-9,11,18-19H,3,10,12-17H2,1H3. The highest BCUT2D eigenvalue weighted by atomic mass is 16.5. The summed E-state index contributed by atoms with van der Waals surface area (Å²) < 4.78 is 5.47. The molecule has 0 atom stereocenters. The number of carbonyl (C=O) groups is 1.